The predicted molar refractivity (Wildman–Crippen MR) is 71.5 cm³/mol. The van der Waals surface area contributed by atoms with Crippen molar-refractivity contribution in [3.63, 3.8) is 0 Å². The molecule has 0 radical (unpaired) electrons. The highest BCUT2D eigenvalue weighted by molar-refractivity contribution is 7.14. The van der Waals surface area contributed by atoms with Gasteiger partial charge in [-0.05, 0) is 30.9 Å². The average molecular weight is 255 g/mol. The summed E-state index contributed by atoms with van der Waals surface area (Å²) in [5.74, 6) is 0.304. The SMILES string of the molecule is CCc1ccc(C(=O)NC(CCO)C(C)C)s1. The van der Waals surface area contributed by atoms with E-state index in [1.165, 1.54) is 16.2 Å². The number of carbonyl (C=O) groups is 1. The molecule has 0 aliphatic carbocycles. The smallest absolute Gasteiger partial charge is 0.261 e. The monoisotopic (exact) mass is 255 g/mol. The molecule has 0 spiro atoms. The van der Waals surface area contributed by atoms with Gasteiger partial charge in [-0.3, -0.25) is 4.79 Å². The lowest BCUT2D eigenvalue weighted by molar-refractivity contribution is 0.0921. The quantitative estimate of drug-likeness (QED) is 0.820. The van der Waals surface area contributed by atoms with Gasteiger partial charge in [-0.25, -0.2) is 0 Å². The Balaban J connectivity index is 2.63. The zero-order valence-corrected chi connectivity index (χ0v) is 11.5. The van der Waals surface area contributed by atoms with E-state index in [0.717, 1.165) is 11.3 Å². The molecule has 2 N–H and O–H groups in total. The molecule has 1 rings (SSSR count). The molecule has 4 heteroatoms. The molecule has 0 aliphatic rings. The number of hydrogen-bond donors (Lipinski definition) is 2. The van der Waals surface area contributed by atoms with Crippen LogP contribution in [-0.4, -0.2) is 23.7 Å². The van der Waals surface area contributed by atoms with Crippen molar-refractivity contribution < 1.29 is 9.90 Å². The van der Waals surface area contributed by atoms with Crippen molar-refractivity contribution in [2.45, 2.75) is 39.7 Å². The van der Waals surface area contributed by atoms with Gasteiger partial charge in [0.15, 0.2) is 0 Å². The molecule has 0 saturated heterocycles. The van der Waals surface area contributed by atoms with Gasteiger partial charge in [0, 0.05) is 17.5 Å². The maximum Gasteiger partial charge on any atom is 0.261 e. The summed E-state index contributed by atoms with van der Waals surface area (Å²) in [7, 11) is 0. The third-order valence-electron chi connectivity index (χ3n) is 2.80. The van der Waals surface area contributed by atoms with Crippen LogP contribution in [0.15, 0.2) is 12.1 Å². The second-order valence-corrected chi connectivity index (χ2v) is 5.62. The van der Waals surface area contributed by atoms with Gasteiger partial charge >= 0.3 is 0 Å². The van der Waals surface area contributed by atoms with Gasteiger partial charge in [0.2, 0.25) is 0 Å². The fourth-order valence-electron chi connectivity index (χ4n) is 1.64. The average Bonchev–Trinajstić information content (AvgIpc) is 2.76. The van der Waals surface area contributed by atoms with Gasteiger partial charge in [0.05, 0.1) is 4.88 Å². The number of aliphatic hydroxyl groups is 1. The normalized spacial score (nSPS) is 12.8. The number of aliphatic hydroxyl groups excluding tert-OH is 1. The van der Waals surface area contributed by atoms with E-state index in [1.54, 1.807) is 0 Å². The molecule has 96 valence electrons. The maximum atomic E-state index is 12.0. The molecule has 0 aromatic carbocycles. The molecule has 1 atom stereocenters. The Morgan fingerprint density at radius 3 is 2.65 bits per heavy atom. The van der Waals surface area contributed by atoms with Gasteiger partial charge in [0.1, 0.15) is 0 Å². The van der Waals surface area contributed by atoms with Gasteiger partial charge in [-0.15, -0.1) is 11.3 Å². The highest BCUT2D eigenvalue weighted by Crippen LogP contribution is 2.17. The number of amides is 1. The second-order valence-electron chi connectivity index (χ2n) is 4.46. The lowest BCUT2D eigenvalue weighted by atomic mass is 10.0. The zero-order valence-electron chi connectivity index (χ0n) is 10.7. The fraction of sp³-hybridized carbons (Fsp3) is 0.615. The highest BCUT2D eigenvalue weighted by atomic mass is 32.1. The van der Waals surface area contributed by atoms with Crippen molar-refractivity contribution in [2.24, 2.45) is 5.92 Å². The first-order valence-electron chi connectivity index (χ1n) is 6.08. The van der Waals surface area contributed by atoms with Crippen LogP contribution in [-0.2, 0) is 6.42 Å². The molecular formula is C13H21NO2S. The van der Waals surface area contributed by atoms with E-state index in [9.17, 15) is 4.79 Å². The first-order valence-corrected chi connectivity index (χ1v) is 6.90. The van der Waals surface area contributed by atoms with E-state index in [4.69, 9.17) is 5.11 Å². The van der Waals surface area contributed by atoms with E-state index < -0.39 is 0 Å². The number of rotatable bonds is 6. The summed E-state index contributed by atoms with van der Waals surface area (Å²) in [6.45, 7) is 6.28. The van der Waals surface area contributed by atoms with Gasteiger partial charge in [0.25, 0.3) is 5.91 Å². The maximum absolute atomic E-state index is 12.0. The minimum Gasteiger partial charge on any atom is -0.396 e. The van der Waals surface area contributed by atoms with E-state index >= 15 is 0 Å². The van der Waals surface area contributed by atoms with Crippen molar-refractivity contribution in [1.29, 1.82) is 0 Å². The lowest BCUT2D eigenvalue weighted by Gasteiger charge is -2.21. The Labute approximate surface area is 107 Å². The largest absolute Gasteiger partial charge is 0.396 e. The summed E-state index contributed by atoms with van der Waals surface area (Å²) >= 11 is 1.54. The summed E-state index contributed by atoms with van der Waals surface area (Å²) in [4.78, 5) is 14.0. The van der Waals surface area contributed by atoms with Crippen LogP contribution < -0.4 is 5.32 Å². The molecule has 1 aromatic rings. The number of aryl methyl sites for hydroxylation is 1. The number of carbonyl (C=O) groups excluding carboxylic acids is 1. The zero-order chi connectivity index (χ0) is 12.8. The third-order valence-corrected chi connectivity index (χ3v) is 4.02. The Hall–Kier alpha value is -0.870. The van der Waals surface area contributed by atoms with Crippen molar-refractivity contribution in [1.82, 2.24) is 5.32 Å². The van der Waals surface area contributed by atoms with Gasteiger partial charge in [-0.1, -0.05) is 20.8 Å². The summed E-state index contributed by atoms with van der Waals surface area (Å²) in [5, 5.41) is 11.9. The standard InChI is InChI=1S/C13H21NO2S/c1-4-10-5-6-12(17-10)13(16)14-11(7-8-15)9(2)3/h5-6,9,11,15H,4,7-8H2,1-3H3,(H,14,16). The fourth-order valence-corrected chi connectivity index (χ4v) is 2.49. The lowest BCUT2D eigenvalue weighted by Crippen LogP contribution is -2.38. The topological polar surface area (TPSA) is 49.3 Å². The predicted octanol–water partition coefficient (Wildman–Crippen LogP) is 2.45. The second kappa shape index (κ2) is 6.77. The van der Waals surface area contributed by atoms with Crippen LogP contribution in [0.1, 0.15) is 41.7 Å². The van der Waals surface area contributed by atoms with Crippen molar-refractivity contribution >= 4 is 17.2 Å². The molecule has 1 heterocycles. The van der Waals surface area contributed by atoms with E-state index in [2.05, 4.69) is 12.2 Å². The molecular weight excluding hydrogens is 234 g/mol. The van der Waals surface area contributed by atoms with Crippen LogP contribution >= 0.6 is 11.3 Å². The molecule has 0 fully saturated rings. The van der Waals surface area contributed by atoms with Crippen LogP contribution in [0.4, 0.5) is 0 Å². The first-order chi connectivity index (χ1) is 8.08. The van der Waals surface area contributed by atoms with Gasteiger partial charge < -0.3 is 10.4 Å². The summed E-state index contributed by atoms with van der Waals surface area (Å²) in [5.41, 5.74) is 0. The minimum absolute atomic E-state index is 0.0261. The third kappa shape index (κ3) is 4.13. The molecule has 3 nitrogen and oxygen atoms in total. The van der Waals surface area contributed by atoms with E-state index in [0.29, 0.717) is 12.3 Å². The van der Waals surface area contributed by atoms with Crippen LogP contribution in [0.25, 0.3) is 0 Å². The molecule has 1 amide bonds. The Morgan fingerprint density at radius 1 is 1.47 bits per heavy atom. The number of hydrogen-bond acceptors (Lipinski definition) is 3. The molecule has 17 heavy (non-hydrogen) atoms. The first kappa shape index (κ1) is 14.2. The van der Waals surface area contributed by atoms with E-state index in [1.807, 2.05) is 26.0 Å². The molecule has 0 saturated carbocycles. The Morgan fingerprint density at radius 2 is 2.18 bits per heavy atom. The summed E-state index contributed by atoms with van der Waals surface area (Å²) < 4.78 is 0. The highest BCUT2D eigenvalue weighted by Gasteiger charge is 2.17. The summed E-state index contributed by atoms with van der Waals surface area (Å²) in [6.07, 6.45) is 1.57. The van der Waals surface area contributed by atoms with Crippen LogP contribution in [0.5, 0.6) is 0 Å². The number of thiophene rings is 1. The van der Waals surface area contributed by atoms with Gasteiger partial charge in [-0.2, -0.15) is 0 Å². The van der Waals surface area contributed by atoms with Crippen molar-refractivity contribution in [2.75, 3.05) is 6.61 Å². The Kier molecular flexibility index (Phi) is 5.65. The van der Waals surface area contributed by atoms with Crippen molar-refractivity contribution in [3.05, 3.63) is 21.9 Å². The molecule has 1 aromatic heterocycles. The molecule has 0 aliphatic heterocycles. The number of nitrogens with one attached hydrogen (secondary N) is 1. The van der Waals surface area contributed by atoms with E-state index in [-0.39, 0.29) is 18.6 Å². The van der Waals surface area contributed by atoms with Crippen LogP contribution in [0, 0.1) is 5.92 Å². The van der Waals surface area contributed by atoms with Crippen molar-refractivity contribution in [3.8, 4) is 0 Å². The molecule has 0 bridgehead atoms. The molecule has 1 unspecified atom stereocenters. The minimum atomic E-state index is -0.0261. The Bertz CT molecular complexity index is 360. The van der Waals surface area contributed by atoms with Crippen LogP contribution in [0.2, 0.25) is 0 Å². The summed E-state index contributed by atoms with van der Waals surface area (Å²) in [6, 6.07) is 3.91. The van der Waals surface area contributed by atoms with Crippen LogP contribution in [0.3, 0.4) is 0 Å².